The van der Waals surface area contributed by atoms with Gasteiger partial charge in [0.05, 0.1) is 0 Å². The summed E-state index contributed by atoms with van der Waals surface area (Å²) in [6.07, 6.45) is 5.16. The predicted octanol–water partition coefficient (Wildman–Crippen LogP) is -0.00310. The molecule has 0 fully saturated rings. The van der Waals surface area contributed by atoms with Crippen LogP contribution in [0.1, 0.15) is 38.5 Å². The minimum absolute atomic E-state index is 0.102. The molecular formula is C11H21NO4. The molecule has 0 aromatic carbocycles. The third-order valence-electron chi connectivity index (χ3n) is 2.27. The zero-order valence-electron chi connectivity index (χ0n) is 9.57. The van der Waals surface area contributed by atoms with Crippen LogP contribution in [0.5, 0.6) is 0 Å². The van der Waals surface area contributed by atoms with E-state index in [9.17, 15) is 9.59 Å². The molecule has 0 aliphatic heterocycles. The van der Waals surface area contributed by atoms with E-state index < -0.39 is 6.61 Å². The Labute approximate surface area is 95.9 Å². The van der Waals surface area contributed by atoms with E-state index in [4.69, 9.17) is 10.2 Å². The molecule has 0 aromatic rings. The predicted molar refractivity (Wildman–Crippen MR) is 59.9 cm³/mol. The van der Waals surface area contributed by atoms with Crippen molar-refractivity contribution in [1.29, 1.82) is 0 Å². The normalized spacial score (nSPS) is 10.1. The molecule has 94 valence electrons. The molecule has 16 heavy (non-hydrogen) atoms. The maximum atomic E-state index is 10.7. The first-order chi connectivity index (χ1) is 7.70. The molecule has 0 rings (SSSR count). The number of Topliss-reactive ketones (excluding diaryl/α,β-unsaturated/α-hetero) is 1. The Morgan fingerprint density at radius 2 is 1.50 bits per heavy atom. The Balaban J connectivity index is 3.10. The minimum Gasteiger partial charge on any atom is -0.389 e. The Bertz CT molecular complexity index is 184. The van der Waals surface area contributed by atoms with Crippen LogP contribution in [0, 0.1) is 0 Å². The quantitative estimate of drug-likeness (QED) is 0.462. The maximum Gasteiger partial charge on any atom is 0.245 e. The Kier molecular flexibility index (Phi) is 9.95. The van der Waals surface area contributed by atoms with Crippen LogP contribution in [0.25, 0.3) is 0 Å². The fraction of sp³-hybridized carbons (Fsp3) is 0.818. The molecule has 0 aliphatic rings. The lowest BCUT2D eigenvalue weighted by atomic mass is 10.1. The summed E-state index contributed by atoms with van der Waals surface area (Å²) in [5.74, 6) is -0.441. The van der Waals surface area contributed by atoms with Crippen molar-refractivity contribution in [3.63, 3.8) is 0 Å². The van der Waals surface area contributed by atoms with Crippen molar-refractivity contribution in [3.8, 4) is 0 Å². The molecule has 0 heterocycles. The van der Waals surface area contributed by atoms with Crippen molar-refractivity contribution in [3.05, 3.63) is 0 Å². The van der Waals surface area contributed by atoms with E-state index in [1.165, 1.54) is 0 Å². The zero-order chi connectivity index (χ0) is 12.2. The van der Waals surface area contributed by atoms with Crippen LogP contribution in [0.4, 0.5) is 0 Å². The third kappa shape index (κ3) is 9.61. The summed E-state index contributed by atoms with van der Waals surface area (Å²) in [6, 6.07) is 0. The first-order valence-electron chi connectivity index (χ1n) is 5.70. The van der Waals surface area contributed by atoms with E-state index in [0.29, 0.717) is 13.0 Å². The van der Waals surface area contributed by atoms with Gasteiger partial charge in [-0.05, 0) is 12.8 Å². The second kappa shape index (κ2) is 10.6. The second-order valence-corrected chi connectivity index (χ2v) is 3.72. The van der Waals surface area contributed by atoms with E-state index >= 15 is 0 Å². The average molecular weight is 231 g/mol. The van der Waals surface area contributed by atoms with Crippen molar-refractivity contribution in [2.45, 2.75) is 38.5 Å². The van der Waals surface area contributed by atoms with Crippen molar-refractivity contribution in [2.75, 3.05) is 19.8 Å². The summed E-state index contributed by atoms with van der Waals surface area (Å²) < 4.78 is 0. The molecule has 0 unspecified atom stereocenters. The van der Waals surface area contributed by atoms with Crippen LogP contribution in [0.2, 0.25) is 0 Å². The largest absolute Gasteiger partial charge is 0.389 e. The summed E-state index contributed by atoms with van der Waals surface area (Å²) in [5.41, 5.74) is 0. The number of nitrogens with one attached hydrogen (secondary N) is 1. The Morgan fingerprint density at radius 3 is 2.12 bits per heavy atom. The van der Waals surface area contributed by atoms with Gasteiger partial charge in [-0.25, -0.2) is 0 Å². The van der Waals surface area contributed by atoms with Gasteiger partial charge < -0.3 is 15.5 Å². The standard InChI is InChI=1S/C11H21NO4/c13-8-10(15)6-4-2-1-3-5-7-12-11(16)9-14/h13-14H,1-9H2,(H,12,16). The first kappa shape index (κ1) is 15.1. The molecule has 0 bridgehead atoms. The van der Waals surface area contributed by atoms with E-state index in [1.807, 2.05) is 0 Å². The van der Waals surface area contributed by atoms with Gasteiger partial charge in [-0.3, -0.25) is 9.59 Å². The van der Waals surface area contributed by atoms with Gasteiger partial charge in [0, 0.05) is 13.0 Å². The van der Waals surface area contributed by atoms with Crippen molar-refractivity contribution in [1.82, 2.24) is 5.32 Å². The van der Waals surface area contributed by atoms with Gasteiger partial charge in [0.1, 0.15) is 13.2 Å². The number of amides is 1. The molecule has 0 aromatic heterocycles. The van der Waals surface area contributed by atoms with Gasteiger partial charge >= 0.3 is 0 Å². The van der Waals surface area contributed by atoms with Gasteiger partial charge in [0.2, 0.25) is 5.91 Å². The highest BCUT2D eigenvalue weighted by molar-refractivity contribution is 5.79. The summed E-state index contributed by atoms with van der Waals surface area (Å²) >= 11 is 0. The lowest BCUT2D eigenvalue weighted by molar-refractivity contribution is -0.124. The van der Waals surface area contributed by atoms with Crippen LogP contribution in [0.15, 0.2) is 0 Å². The maximum absolute atomic E-state index is 10.7. The van der Waals surface area contributed by atoms with Gasteiger partial charge in [-0.15, -0.1) is 0 Å². The number of hydrogen-bond donors (Lipinski definition) is 3. The first-order valence-corrected chi connectivity index (χ1v) is 5.70. The molecule has 5 heteroatoms. The van der Waals surface area contributed by atoms with E-state index in [1.54, 1.807) is 0 Å². The summed E-state index contributed by atoms with van der Waals surface area (Å²) in [5, 5.41) is 19.5. The van der Waals surface area contributed by atoms with Crippen LogP contribution in [-0.2, 0) is 9.59 Å². The summed E-state index contributed by atoms with van der Waals surface area (Å²) in [6.45, 7) is -0.217. The highest BCUT2D eigenvalue weighted by Gasteiger charge is 1.99. The number of aliphatic hydroxyl groups excluding tert-OH is 2. The minimum atomic E-state index is -0.455. The number of carbonyl (C=O) groups is 2. The lowest BCUT2D eigenvalue weighted by Gasteiger charge is -2.03. The molecular weight excluding hydrogens is 210 g/mol. The van der Waals surface area contributed by atoms with E-state index in [2.05, 4.69) is 5.32 Å². The number of unbranched alkanes of at least 4 members (excludes halogenated alkanes) is 4. The van der Waals surface area contributed by atoms with Crippen molar-refractivity contribution < 1.29 is 19.8 Å². The molecule has 0 atom stereocenters. The smallest absolute Gasteiger partial charge is 0.245 e. The molecule has 0 saturated carbocycles. The number of ketones is 1. The number of hydrogen-bond acceptors (Lipinski definition) is 4. The highest BCUT2D eigenvalue weighted by Crippen LogP contribution is 2.05. The monoisotopic (exact) mass is 231 g/mol. The number of rotatable bonds is 10. The molecule has 0 spiro atoms. The molecule has 0 saturated heterocycles. The summed E-state index contributed by atoms with van der Waals surface area (Å²) in [4.78, 5) is 21.4. The number of carbonyl (C=O) groups excluding carboxylic acids is 2. The Morgan fingerprint density at radius 1 is 0.875 bits per heavy atom. The van der Waals surface area contributed by atoms with Gasteiger partial charge in [-0.1, -0.05) is 19.3 Å². The molecule has 1 amide bonds. The average Bonchev–Trinajstić information content (AvgIpc) is 2.31. The Hall–Kier alpha value is -0.940. The topological polar surface area (TPSA) is 86.6 Å². The van der Waals surface area contributed by atoms with Crippen molar-refractivity contribution >= 4 is 11.7 Å². The molecule has 5 nitrogen and oxygen atoms in total. The van der Waals surface area contributed by atoms with Crippen molar-refractivity contribution in [2.24, 2.45) is 0 Å². The molecule has 0 radical (unpaired) electrons. The van der Waals surface area contributed by atoms with Crippen LogP contribution in [0.3, 0.4) is 0 Å². The zero-order valence-corrected chi connectivity index (χ0v) is 9.57. The van der Waals surface area contributed by atoms with Gasteiger partial charge in [-0.2, -0.15) is 0 Å². The fourth-order valence-corrected chi connectivity index (χ4v) is 1.34. The summed E-state index contributed by atoms with van der Waals surface area (Å²) in [7, 11) is 0. The molecule has 0 aliphatic carbocycles. The third-order valence-corrected chi connectivity index (χ3v) is 2.27. The lowest BCUT2D eigenvalue weighted by Crippen LogP contribution is -2.26. The highest BCUT2D eigenvalue weighted by atomic mass is 16.3. The van der Waals surface area contributed by atoms with Crippen LogP contribution < -0.4 is 5.32 Å². The number of aliphatic hydroxyl groups is 2. The van der Waals surface area contributed by atoms with Crippen LogP contribution in [-0.4, -0.2) is 41.7 Å². The van der Waals surface area contributed by atoms with Gasteiger partial charge in [0.15, 0.2) is 5.78 Å². The van der Waals surface area contributed by atoms with E-state index in [0.717, 1.165) is 32.1 Å². The molecule has 3 N–H and O–H groups in total. The second-order valence-electron chi connectivity index (χ2n) is 3.72. The van der Waals surface area contributed by atoms with E-state index in [-0.39, 0.29) is 18.3 Å². The SMILES string of the molecule is O=C(CO)CCCCCCCNC(=O)CO. The fourth-order valence-electron chi connectivity index (χ4n) is 1.34. The van der Waals surface area contributed by atoms with Crippen LogP contribution >= 0.6 is 0 Å². The van der Waals surface area contributed by atoms with Gasteiger partial charge in [0.25, 0.3) is 0 Å².